The van der Waals surface area contributed by atoms with Gasteiger partial charge in [-0.15, -0.1) is 5.10 Å². The largest absolute Gasteiger partial charge is 1.00 e. The van der Waals surface area contributed by atoms with Gasteiger partial charge in [0.1, 0.15) is 12.4 Å². The van der Waals surface area contributed by atoms with E-state index in [0.717, 1.165) is 27.5 Å². The number of hydrogen-bond acceptors (Lipinski definition) is 7. The first-order chi connectivity index (χ1) is 14.1. The Kier molecular flexibility index (Phi) is 9.83. The van der Waals surface area contributed by atoms with E-state index in [1.807, 2.05) is 19.2 Å². The summed E-state index contributed by atoms with van der Waals surface area (Å²) in [4.78, 5) is 0. The third-order valence-corrected chi connectivity index (χ3v) is 5.64. The first kappa shape index (κ1) is 24.4. The molecule has 0 saturated carbocycles. The van der Waals surface area contributed by atoms with E-state index in [2.05, 4.69) is 36.8 Å². The molecule has 2 aromatic carbocycles. The number of aryl methyl sites for hydroxylation is 1. The molecular formula is C19H21BrClFN5O2S-. The molecule has 0 atom stereocenters. The highest BCUT2D eigenvalue weighted by Crippen LogP contribution is 2.37. The first-order valence-corrected chi connectivity index (χ1v) is 10.6. The zero-order valence-electron chi connectivity index (χ0n) is 16.4. The Morgan fingerprint density at radius 2 is 2.07 bits per heavy atom. The van der Waals surface area contributed by atoms with Crippen molar-refractivity contribution in [2.45, 2.75) is 18.3 Å². The molecule has 11 heteroatoms. The number of methoxy groups -OCH3 is 1. The van der Waals surface area contributed by atoms with Crippen LogP contribution in [-0.2, 0) is 20.2 Å². The van der Waals surface area contributed by atoms with E-state index in [1.165, 1.54) is 6.07 Å². The summed E-state index contributed by atoms with van der Waals surface area (Å²) in [6.07, 6.45) is 0. The highest BCUT2D eigenvalue weighted by atomic mass is 79.9. The second-order valence-corrected chi connectivity index (χ2v) is 8.02. The predicted octanol–water partition coefficient (Wildman–Crippen LogP) is 0.585. The Hall–Kier alpha value is -1.88. The molecule has 0 aliphatic carbocycles. The molecule has 0 amide bonds. The van der Waals surface area contributed by atoms with Crippen molar-refractivity contribution in [1.82, 2.24) is 25.5 Å². The topological polar surface area (TPSA) is 74.1 Å². The monoisotopic (exact) mass is 516 g/mol. The van der Waals surface area contributed by atoms with Gasteiger partial charge in [-0.05, 0) is 50.1 Å². The highest BCUT2D eigenvalue weighted by Gasteiger charge is 2.13. The standard InChI is InChI=1S/C19H21BrFN5O2S.ClH/c1-26-19(23-24-25-26)29-8-7-22-11-13-9-15(20)18(17(10-13)27-2)28-12-14-5-3-4-6-16(14)21;/h3-6,9-10,22H,7-8,11-12H2,1-2H3;1H/p-1. The molecule has 1 aromatic heterocycles. The quantitative estimate of drug-likeness (QED) is 0.312. The van der Waals surface area contributed by atoms with Crippen LogP contribution >= 0.6 is 27.7 Å². The van der Waals surface area contributed by atoms with E-state index in [4.69, 9.17) is 9.47 Å². The highest BCUT2D eigenvalue weighted by molar-refractivity contribution is 9.10. The first-order valence-electron chi connectivity index (χ1n) is 8.87. The van der Waals surface area contributed by atoms with Gasteiger partial charge in [0.05, 0.1) is 11.6 Å². The summed E-state index contributed by atoms with van der Waals surface area (Å²) in [7, 11) is 3.40. The molecule has 3 rings (SSSR count). The smallest absolute Gasteiger partial charge is 0.209 e. The van der Waals surface area contributed by atoms with E-state index in [0.29, 0.717) is 23.6 Å². The third kappa shape index (κ3) is 6.56. The lowest BCUT2D eigenvalue weighted by Crippen LogP contribution is -3.00. The zero-order valence-corrected chi connectivity index (χ0v) is 19.6. The van der Waals surface area contributed by atoms with Crippen molar-refractivity contribution in [3.63, 3.8) is 0 Å². The van der Waals surface area contributed by atoms with Crippen LogP contribution in [0.3, 0.4) is 0 Å². The van der Waals surface area contributed by atoms with Crippen LogP contribution in [0.5, 0.6) is 11.5 Å². The lowest BCUT2D eigenvalue weighted by atomic mass is 10.2. The van der Waals surface area contributed by atoms with Crippen LogP contribution in [0.4, 0.5) is 4.39 Å². The van der Waals surface area contributed by atoms with Crippen molar-refractivity contribution < 1.29 is 26.3 Å². The molecule has 0 aliphatic rings. The van der Waals surface area contributed by atoms with Gasteiger partial charge in [-0.25, -0.2) is 9.07 Å². The van der Waals surface area contributed by atoms with Crippen molar-refractivity contribution >= 4 is 27.7 Å². The third-order valence-electron chi connectivity index (χ3n) is 4.04. The van der Waals surface area contributed by atoms with Crippen LogP contribution in [0.1, 0.15) is 11.1 Å². The van der Waals surface area contributed by atoms with Gasteiger partial charge < -0.3 is 27.2 Å². The molecule has 0 saturated heterocycles. The average molecular weight is 518 g/mol. The molecule has 0 fully saturated rings. The number of thioether (sulfide) groups is 1. The summed E-state index contributed by atoms with van der Waals surface area (Å²) in [6.45, 7) is 1.58. The molecule has 1 heterocycles. The van der Waals surface area contributed by atoms with E-state index in [1.54, 1.807) is 41.8 Å². The van der Waals surface area contributed by atoms with Crippen LogP contribution in [0.25, 0.3) is 0 Å². The summed E-state index contributed by atoms with van der Waals surface area (Å²) in [5.41, 5.74) is 1.53. The predicted molar refractivity (Wildman–Crippen MR) is 113 cm³/mol. The molecule has 0 radical (unpaired) electrons. The minimum atomic E-state index is -0.293. The molecule has 0 aliphatic heterocycles. The average Bonchev–Trinajstić information content (AvgIpc) is 3.12. The minimum Gasteiger partial charge on any atom is -1.00 e. The van der Waals surface area contributed by atoms with Gasteiger partial charge in [0.25, 0.3) is 0 Å². The fraction of sp³-hybridized carbons (Fsp3) is 0.316. The maximum Gasteiger partial charge on any atom is 0.209 e. The Balaban J connectivity index is 0.00000320. The van der Waals surface area contributed by atoms with Crippen molar-refractivity contribution in [2.75, 3.05) is 19.4 Å². The molecule has 0 spiro atoms. The number of aromatic nitrogens is 4. The Morgan fingerprint density at radius 1 is 1.27 bits per heavy atom. The molecule has 1 N–H and O–H groups in total. The van der Waals surface area contributed by atoms with Crippen LogP contribution in [-0.4, -0.2) is 39.6 Å². The number of ether oxygens (including phenoxy) is 2. The summed E-state index contributed by atoms with van der Waals surface area (Å²) in [5.74, 6) is 1.69. The fourth-order valence-corrected chi connectivity index (χ4v) is 3.92. The number of hydrogen-bond donors (Lipinski definition) is 1. The number of nitrogens with zero attached hydrogens (tertiary/aromatic N) is 4. The van der Waals surface area contributed by atoms with Crippen molar-refractivity contribution in [3.05, 3.63) is 57.8 Å². The molecule has 162 valence electrons. The maximum atomic E-state index is 13.8. The van der Waals surface area contributed by atoms with Gasteiger partial charge in [0.15, 0.2) is 11.5 Å². The van der Waals surface area contributed by atoms with Gasteiger partial charge in [-0.3, -0.25) is 0 Å². The Bertz CT molecular complexity index is 962. The van der Waals surface area contributed by atoms with Crippen LogP contribution in [0.2, 0.25) is 0 Å². The van der Waals surface area contributed by atoms with E-state index >= 15 is 0 Å². The van der Waals surface area contributed by atoms with Crippen molar-refractivity contribution in [2.24, 2.45) is 7.05 Å². The number of benzene rings is 2. The lowest BCUT2D eigenvalue weighted by Gasteiger charge is -2.15. The van der Waals surface area contributed by atoms with Crippen LogP contribution in [0.15, 0.2) is 46.0 Å². The lowest BCUT2D eigenvalue weighted by molar-refractivity contribution is -0.00000719. The molecule has 7 nitrogen and oxygen atoms in total. The van der Waals surface area contributed by atoms with E-state index in [9.17, 15) is 4.39 Å². The number of halogens is 3. The second kappa shape index (κ2) is 12.1. The molecular weight excluding hydrogens is 497 g/mol. The van der Waals surface area contributed by atoms with E-state index in [-0.39, 0.29) is 24.8 Å². The van der Waals surface area contributed by atoms with Crippen molar-refractivity contribution in [1.29, 1.82) is 0 Å². The molecule has 0 bridgehead atoms. The van der Waals surface area contributed by atoms with Gasteiger partial charge in [0, 0.05) is 31.5 Å². The number of rotatable bonds is 10. The normalized spacial score (nSPS) is 10.5. The van der Waals surface area contributed by atoms with Gasteiger partial charge in [-0.1, -0.05) is 30.0 Å². The van der Waals surface area contributed by atoms with E-state index < -0.39 is 0 Å². The van der Waals surface area contributed by atoms with Crippen molar-refractivity contribution in [3.8, 4) is 11.5 Å². The van der Waals surface area contributed by atoms with Gasteiger partial charge >= 0.3 is 0 Å². The minimum absolute atomic E-state index is 0. The maximum absolute atomic E-state index is 13.8. The Morgan fingerprint density at radius 3 is 2.77 bits per heavy atom. The van der Waals surface area contributed by atoms with Gasteiger partial charge in [-0.2, -0.15) is 0 Å². The second-order valence-electron chi connectivity index (χ2n) is 6.10. The molecule has 0 unspecified atom stereocenters. The summed E-state index contributed by atoms with van der Waals surface area (Å²) in [5, 5.41) is 15.5. The van der Waals surface area contributed by atoms with Crippen LogP contribution in [0, 0.1) is 5.82 Å². The SMILES string of the molecule is COc1cc(CNCCSc2nnnn2C)cc(Br)c1OCc1ccccc1F.[Cl-]. The Labute approximate surface area is 193 Å². The summed E-state index contributed by atoms with van der Waals surface area (Å²) >= 11 is 5.12. The van der Waals surface area contributed by atoms with Gasteiger partial charge in [0.2, 0.25) is 5.16 Å². The molecule has 30 heavy (non-hydrogen) atoms. The zero-order chi connectivity index (χ0) is 20.6. The summed E-state index contributed by atoms with van der Waals surface area (Å²) in [6, 6.07) is 10.4. The number of tetrazole rings is 1. The number of nitrogens with one attached hydrogen (secondary N) is 1. The van der Waals surface area contributed by atoms with Crippen LogP contribution < -0.4 is 27.2 Å². The molecule has 3 aromatic rings. The summed E-state index contributed by atoms with van der Waals surface area (Å²) < 4.78 is 27.5. The fourth-order valence-electron chi connectivity index (χ4n) is 2.57.